The van der Waals surface area contributed by atoms with Gasteiger partial charge in [0, 0.05) is 31.2 Å². The van der Waals surface area contributed by atoms with Gasteiger partial charge in [-0.25, -0.2) is 0 Å². The number of amides is 1. The number of morpholine rings is 1. The van der Waals surface area contributed by atoms with Crippen LogP contribution in [0.2, 0.25) is 0 Å². The van der Waals surface area contributed by atoms with E-state index in [9.17, 15) is 9.59 Å². The summed E-state index contributed by atoms with van der Waals surface area (Å²) in [6.45, 7) is 5.09. The van der Waals surface area contributed by atoms with Crippen LogP contribution in [0.15, 0.2) is 60.7 Å². The molecule has 6 nitrogen and oxygen atoms in total. The van der Waals surface area contributed by atoms with Crippen molar-refractivity contribution in [3.8, 4) is 0 Å². The lowest BCUT2D eigenvalue weighted by Crippen LogP contribution is -2.44. The number of carbonyl (C=O) groups excluding carboxylic acids is 2. The van der Waals surface area contributed by atoms with Gasteiger partial charge in [-0.1, -0.05) is 48.5 Å². The first-order chi connectivity index (χ1) is 14.1. The Labute approximate surface area is 171 Å². The smallest absolute Gasteiger partial charge is 0.307 e. The van der Waals surface area contributed by atoms with Crippen molar-refractivity contribution < 1.29 is 19.1 Å². The molecule has 0 aliphatic carbocycles. The molecule has 1 aliphatic heterocycles. The molecule has 0 saturated carbocycles. The minimum Gasteiger partial charge on any atom is -0.463 e. The molecule has 1 amide bonds. The first kappa shape index (κ1) is 21.0. The van der Waals surface area contributed by atoms with E-state index in [1.807, 2.05) is 24.3 Å². The van der Waals surface area contributed by atoms with Crippen molar-refractivity contribution in [3.63, 3.8) is 0 Å². The van der Waals surface area contributed by atoms with Crippen molar-refractivity contribution in [1.82, 2.24) is 10.2 Å². The van der Waals surface area contributed by atoms with Crippen LogP contribution in [0.1, 0.15) is 29.3 Å². The molecular formula is C23H28N2O4. The minimum absolute atomic E-state index is 0.124. The summed E-state index contributed by atoms with van der Waals surface area (Å²) in [4.78, 5) is 26.6. The van der Waals surface area contributed by atoms with Gasteiger partial charge < -0.3 is 14.8 Å². The zero-order chi connectivity index (χ0) is 20.5. The molecule has 0 radical (unpaired) electrons. The Morgan fingerprint density at radius 1 is 1.14 bits per heavy atom. The second kappa shape index (κ2) is 10.7. The zero-order valence-corrected chi connectivity index (χ0v) is 16.8. The van der Waals surface area contributed by atoms with E-state index in [0.717, 1.165) is 19.6 Å². The third-order valence-electron chi connectivity index (χ3n) is 4.79. The number of ether oxygens (including phenoxy) is 2. The summed E-state index contributed by atoms with van der Waals surface area (Å²) < 4.78 is 11.1. The molecule has 154 valence electrons. The molecule has 2 aromatic carbocycles. The molecule has 29 heavy (non-hydrogen) atoms. The maximum atomic E-state index is 12.1. The number of rotatable bonds is 8. The van der Waals surface area contributed by atoms with Crippen LogP contribution < -0.4 is 5.32 Å². The van der Waals surface area contributed by atoms with Gasteiger partial charge in [0.2, 0.25) is 0 Å². The number of benzene rings is 2. The van der Waals surface area contributed by atoms with Crippen LogP contribution in [0.5, 0.6) is 0 Å². The Bertz CT molecular complexity index is 782. The van der Waals surface area contributed by atoms with Gasteiger partial charge in [-0.2, -0.15) is 0 Å². The quantitative estimate of drug-likeness (QED) is 0.695. The standard InChI is InChI=1S/C23H28N2O4/c1-18(24-23(27)20-10-6-3-7-11-20)14-22(26)29-17-21-16-25(12-13-28-21)15-19-8-4-2-5-9-19/h2-11,18,21H,12-17H2,1H3,(H,24,27). The van der Waals surface area contributed by atoms with Crippen LogP contribution in [0, 0.1) is 0 Å². The molecule has 2 atom stereocenters. The molecule has 3 rings (SSSR count). The van der Waals surface area contributed by atoms with Gasteiger partial charge in [0.25, 0.3) is 5.91 Å². The molecular weight excluding hydrogens is 368 g/mol. The third kappa shape index (κ3) is 7.00. The molecule has 2 aromatic rings. The molecule has 1 N–H and O–H groups in total. The Hall–Kier alpha value is -2.70. The predicted octanol–water partition coefficient (Wildman–Crippen LogP) is 2.64. The molecule has 0 aromatic heterocycles. The molecule has 1 fully saturated rings. The summed E-state index contributed by atoms with van der Waals surface area (Å²) in [6, 6.07) is 18.9. The van der Waals surface area contributed by atoms with Gasteiger partial charge in [0.05, 0.1) is 13.0 Å². The second-order valence-corrected chi connectivity index (χ2v) is 7.34. The number of nitrogens with one attached hydrogen (secondary N) is 1. The molecule has 1 heterocycles. The average molecular weight is 396 g/mol. The number of hydrogen-bond donors (Lipinski definition) is 1. The van der Waals surface area contributed by atoms with Crippen molar-refractivity contribution in [2.75, 3.05) is 26.3 Å². The van der Waals surface area contributed by atoms with Crippen molar-refractivity contribution in [2.24, 2.45) is 0 Å². The van der Waals surface area contributed by atoms with E-state index in [0.29, 0.717) is 12.2 Å². The Kier molecular flexibility index (Phi) is 7.78. The van der Waals surface area contributed by atoms with Gasteiger partial charge in [-0.05, 0) is 24.6 Å². The van der Waals surface area contributed by atoms with Crippen LogP contribution in [-0.2, 0) is 20.8 Å². The molecule has 1 aliphatic rings. The van der Waals surface area contributed by atoms with E-state index >= 15 is 0 Å². The Morgan fingerprint density at radius 3 is 2.55 bits per heavy atom. The van der Waals surface area contributed by atoms with Gasteiger partial charge >= 0.3 is 5.97 Å². The summed E-state index contributed by atoms with van der Waals surface area (Å²) in [7, 11) is 0. The summed E-state index contributed by atoms with van der Waals surface area (Å²) in [5.41, 5.74) is 1.83. The van der Waals surface area contributed by atoms with E-state index < -0.39 is 0 Å². The predicted molar refractivity (Wildman–Crippen MR) is 110 cm³/mol. The lowest BCUT2D eigenvalue weighted by atomic mass is 10.2. The number of nitrogens with zero attached hydrogens (tertiary/aromatic N) is 1. The normalized spacial score (nSPS) is 18.0. The fourth-order valence-electron chi connectivity index (χ4n) is 3.31. The lowest BCUT2D eigenvalue weighted by Gasteiger charge is -2.32. The fraction of sp³-hybridized carbons (Fsp3) is 0.391. The number of carbonyl (C=O) groups is 2. The Balaban J connectivity index is 1.37. The van der Waals surface area contributed by atoms with Gasteiger partial charge in [0.15, 0.2) is 0 Å². The maximum Gasteiger partial charge on any atom is 0.307 e. The first-order valence-electron chi connectivity index (χ1n) is 9.99. The second-order valence-electron chi connectivity index (χ2n) is 7.34. The van der Waals surface area contributed by atoms with E-state index in [2.05, 4.69) is 22.3 Å². The lowest BCUT2D eigenvalue weighted by molar-refractivity contribution is -0.151. The van der Waals surface area contributed by atoms with E-state index in [4.69, 9.17) is 9.47 Å². The monoisotopic (exact) mass is 396 g/mol. The molecule has 0 bridgehead atoms. The van der Waals surface area contributed by atoms with E-state index in [1.54, 1.807) is 31.2 Å². The number of esters is 1. The highest BCUT2D eigenvalue weighted by atomic mass is 16.6. The van der Waals surface area contributed by atoms with Gasteiger partial charge in [-0.15, -0.1) is 0 Å². The summed E-state index contributed by atoms with van der Waals surface area (Å²) in [5.74, 6) is -0.535. The van der Waals surface area contributed by atoms with Crippen LogP contribution in [0.25, 0.3) is 0 Å². The average Bonchev–Trinajstić information content (AvgIpc) is 2.74. The SMILES string of the molecule is CC(CC(=O)OCC1CN(Cc2ccccc2)CCO1)NC(=O)c1ccccc1. The van der Waals surface area contributed by atoms with Crippen LogP contribution in [-0.4, -0.2) is 55.2 Å². The summed E-state index contributed by atoms with van der Waals surface area (Å²) in [6.07, 6.45) is -0.00965. The fourth-order valence-corrected chi connectivity index (χ4v) is 3.31. The van der Waals surface area contributed by atoms with Crippen molar-refractivity contribution in [2.45, 2.75) is 32.0 Å². The highest BCUT2D eigenvalue weighted by Gasteiger charge is 2.22. The minimum atomic E-state index is -0.338. The zero-order valence-electron chi connectivity index (χ0n) is 16.8. The van der Waals surface area contributed by atoms with Crippen LogP contribution in [0.3, 0.4) is 0 Å². The van der Waals surface area contributed by atoms with E-state index in [1.165, 1.54) is 5.56 Å². The highest BCUT2D eigenvalue weighted by molar-refractivity contribution is 5.94. The van der Waals surface area contributed by atoms with Gasteiger partial charge in [-0.3, -0.25) is 14.5 Å². The summed E-state index contributed by atoms with van der Waals surface area (Å²) in [5, 5.41) is 2.82. The van der Waals surface area contributed by atoms with Crippen LogP contribution in [0.4, 0.5) is 0 Å². The number of hydrogen-bond acceptors (Lipinski definition) is 5. The van der Waals surface area contributed by atoms with E-state index in [-0.39, 0.29) is 37.0 Å². The molecule has 1 saturated heterocycles. The largest absolute Gasteiger partial charge is 0.463 e. The van der Waals surface area contributed by atoms with Crippen molar-refractivity contribution in [3.05, 3.63) is 71.8 Å². The first-order valence-corrected chi connectivity index (χ1v) is 9.99. The van der Waals surface area contributed by atoms with Crippen molar-refractivity contribution in [1.29, 1.82) is 0 Å². The molecule has 0 spiro atoms. The highest BCUT2D eigenvalue weighted by Crippen LogP contribution is 2.11. The van der Waals surface area contributed by atoms with Crippen LogP contribution >= 0.6 is 0 Å². The Morgan fingerprint density at radius 2 is 1.83 bits per heavy atom. The van der Waals surface area contributed by atoms with Crippen molar-refractivity contribution >= 4 is 11.9 Å². The topological polar surface area (TPSA) is 67.9 Å². The summed E-state index contributed by atoms with van der Waals surface area (Å²) >= 11 is 0. The third-order valence-corrected chi connectivity index (χ3v) is 4.79. The van der Waals surface area contributed by atoms with Gasteiger partial charge in [0.1, 0.15) is 12.7 Å². The molecule has 6 heteroatoms. The maximum absolute atomic E-state index is 12.1. The molecule has 2 unspecified atom stereocenters.